The van der Waals surface area contributed by atoms with Gasteiger partial charge in [-0.2, -0.15) is 5.10 Å². The zero-order valence-electron chi connectivity index (χ0n) is 15.9. The smallest absolute Gasteiger partial charge is 0.255 e. The molecule has 0 unspecified atom stereocenters. The van der Waals surface area contributed by atoms with Gasteiger partial charge in [-0.3, -0.25) is 4.79 Å². The number of carbonyl (C=O) groups excluding carboxylic acids is 1. The Morgan fingerprint density at radius 3 is 2.26 bits per heavy atom. The predicted molar refractivity (Wildman–Crippen MR) is 105 cm³/mol. The zero-order chi connectivity index (χ0) is 19.6. The van der Waals surface area contributed by atoms with Crippen LogP contribution in [0.3, 0.4) is 0 Å². The minimum absolute atomic E-state index is 0.0440. The van der Waals surface area contributed by atoms with Gasteiger partial charge in [-0.25, -0.2) is 17.8 Å². The van der Waals surface area contributed by atoms with Crippen LogP contribution in [0.2, 0.25) is 0 Å². The highest BCUT2D eigenvalue weighted by molar-refractivity contribution is 7.88. The number of sulfonamides is 1. The number of nitrogens with zero attached hydrogens (tertiary/aromatic N) is 2. The van der Waals surface area contributed by atoms with E-state index in [0.717, 1.165) is 37.1 Å². The van der Waals surface area contributed by atoms with Gasteiger partial charge in [-0.05, 0) is 51.7 Å². The highest BCUT2D eigenvalue weighted by atomic mass is 32.2. The second-order valence-corrected chi connectivity index (χ2v) is 8.99. The van der Waals surface area contributed by atoms with Crippen LogP contribution >= 0.6 is 0 Å². The quantitative estimate of drug-likeness (QED) is 0.817. The maximum Gasteiger partial charge on any atom is 0.255 e. The molecule has 2 aromatic rings. The van der Waals surface area contributed by atoms with Crippen LogP contribution in [0, 0.1) is 13.8 Å². The molecule has 0 saturated heterocycles. The van der Waals surface area contributed by atoms with Crippen LogP contribution in [0.5, 0.6) is 0 Å². The summed E-state index contributed by atoms with van der Waals surface area (Å²) in [6.45, 7) is 3.74. The highest BCUT2D eigenvalue weighted by Crippen LogP contribution is 2.22. The van der Waals surface area contributed by atoms with Crippen molar-refractivity contribution < 1.29 is 13.2 Å². The third kappa shape index (κ3) is 4.75. The molecule has 3 rings (SSSR count). The molecule has 1 amide bonds. The molecule has 0 atom stereocenters. The van der Waals surface area contributed by atoms with Crippen molar-refractivity contribution in [2.75, 3.05) is 6.26 Å². The number of amides is 1. The van der Waals surface area contributed by atoms with E-state index in [1.165, 1.54) is 6.26 Å². The average Bonchev–Trinajstić information content (AvgIpc) is 2.90. The molecule has 146 valence electrons. The molecule has 1 saturated carbocycles. The summed E-state index contributed by atoms with van der Waals surface area (Å²) < 4.78 is 27.1. The number of aryl methyl sites for hydroxylation is 1. The largest absolute Gasteiger partial charge is 0.349 e. The van der Waals surface area contributed by atoms with Gasteiger partial charge >= 0.3 is 0 Å². The Bertz CT molecular complexity index is 914. The first-order chi connectivity index (χ1) is 12.7. The average molecular weight is 391 g/mol. The molecule has 27 heavy (non-hydrogen) atoms. The van der Waals surface area contributed by atoms with Crippen LogP contribution < -0.4 is 10.0 Å². The molecule has 1 aromatic carbocycles. The maximum absolute atomic E-state index is 12.8. The van der Waals surface area contributed by atoms with Crippen LogP contribution in [-0.2, 0) is 10.0 Å². The van der Waals surface area contributed by atoms with Crippen LogP contribution in [0.15, 0.2) is 30.3 Å². The number of aromatic nitrogens is 2. The number of para-hydroxylation sites is 1. The number of benzene rings is 1. The van der Waals surface area contributed by atoms with Crippen molar-refractivity contribution in [1.29, 1.82) is 0 Å². The number of hydrogen-bond acceptors (Lipinski definition) is 4. The molecule has 2 N–H and O–H groups in total. The second kappa shape index (κ2) is 7.82. The fourth-order valence-electron chi connectivity index (χ4n) is 3.71. The molecule has 7 nitrogen and oxygen atoms in total. The van der Waals surface area contributed by atoms with Crippen molar-refractivity contribution in [3.63, 3.8) is 0 Å². The van der Waals surface area contributed by atoms with E-state index in [-0.39, 0.29) is 18.0 Å². The van der Waals surface area contributed by atoms with Crippen molar-refractivity contribution in [2.24, 2.45) is 0 Å². The molecule has 1 aliphatic carbocycles. The normalized spacial score (nSPS) is 20.4. The molecule has 1 aromatic heterocycles. The van der Waals surface area contributed by atoms with Gasteiger partial charge < -0.3 is 5.32 Å². The lowest BCUT2D eigenvalue weighted by atomic mass is 9.91. The molecule has 1 fully saturated rings. The topological polar surface area (TPSA) is 93.1 Å². The van der Waals surface area contributed by atoms with Gasteiger partial charge in [-0.1, -0.05) is 18.2 Å². The lowest BCUT2D eigenvalue weighted by molar-refractivity contribution is 0.0924. The Hall–Kier alpha value is -2.19. The second-order valence-electron chi connectivity index (χ2n) is 7.21. The fraction of sp³-hybridized carbons (Fsp3) is 0.474. The maximum atomic E-state index is 12.8. The number of carbonyl (C=O) groups is 1. The van der Waals surface area contributed by atoms with Crippen molar-refractivity contribution in [1.82, 2.24) is 19.8 Å². The van der Waals surface area contributed by atoms with Crippen molar-refractivity contribution in [3.05, 3.63) is 47.3 Å². The van der Waals surface area contributed by atoms with Crippen molar-refractivity contribution >= 4 is 15.9 Å². The summed E-state index contributed by atoms with van der Waals surface area (Å²) in [5.41, 5.74) is 3.03. The Balaban J connectivity index is 1.67. The van der Waals surface area contributed by atoms with E-state index in [1.807, 2.05) is 44.2 Å². The summed E-state index contributed by atoms with van der Waals surface area (Å²) >= 11 is 0. The van der Waals surface area contributed by atoms with Gasteiger partial charge in [0.25, 0.3) is 5.91 Å². The van der Waals surface area contributed by atoms with Crippen molar-refractivity contribution in [3.8, 4) is 5.69 Å². The van der Waals surface area contributed by atoms with Crippen LogP contribution in [0.25, 0.3) is 5.69 Å². The van der Waals surface area contributed by atoms with Gasteiger partial charge in [0.15, 0.2) is 0 Å². The Morgan fingerprint density at radius 1 is 1.07 bits per heavy atom. The highest BCUT2D eigenvalue weighted by Gasteiger charge is 2.26. The van der Waals surface area contributed by atoms with Gasteiger partial charge in [0.2, 0.25) is 10.0 Å². The van der Waals surface area contributed by atoms with E-state index in [0.29, 0.717) is 11.3 Å². The lowest BCUT2D eigenvalue weighted by Crippen LogP contribution is -2.43. The summed E-state index contributed by atoms with van der Waals surface area (Å²) in [6, 6.07) is 9.74. The number of hydrogen-bond donors (Lipinski definition) is 2. The molecular formula is C19H26N4O3S. The summed E-state index contributed by atoms with van der Waals surface area (Å²) in [5, 5.41) is 7.62. The first-order valence-electron chi connectivity index (χ1n) is 9.14. The molecule has 8 heteroatoms. The Morgan fingerprint density at radius 2 is 1.67 bits per heavy atom. The standard InChI is InChI=1S/C19H26N4O3S/c1-13-18(14(2)23(21-13)17-7-5-4-6-8-17)19(24)20-15-9-11-16(12-10-15)22-27(3,25)26/h4-8,15-16,22H,9-12H2,1-3H3,(H,20,24). The predicted octanol–water partition coefficient (Wildman–Crippen LogP) is 2.08. The van der Waals surface area contributed by atoms with E-state index in [2.05, 4.69) is 15.1 Å². The number of rotatable bonds is 5. The summed E-state index contributed by atoms with van der Waals surface area (Å²) in [7, 11) is -3.19. The van der Waals surface area contributed by atoms with E-state index < -0.39 is 10.0 Å². The lowest BCUT2D eigenvalue weighted by Gasteiger charge is -2.29. The molecule has 0 spiro atoms. The van der Waals surface area contributed by atoms with E-state index in [4.69, 9.17) is 0 Å². The first kappa shape index (κ1) is 19.6. The SMILES string of the molecule is Cc1nn(-c2ccccc2)c(C)c1C(=O)NC1CCC(NS(C)(=O)=O)CC1. The number of nitrogens with one attached hydrogen (secondary N) is 2. The van der Waals surface area contributed by atoms with E-state index >= 15 is 0 Å². The van der Waals surface area contributed by atoms with Gasteiger partial charge in [0.05, 0.1) is 28.9 Å². The van der Waals surface area contributed by atoms with Crippen LogP contribution in [0.4, 0.5) is 0 Å². The molecule has 0 aliphatic heterocycles. The van der Waals surface area contributed by atoms with Crippen LogP contribution in [0.1, 0.15) is 47.4 Å². The molecule has 0 bridgehead atoms. The summed E-state index contributed by atoms with van der Waals surface area (Å²) in [5.74, 6) is -0.119. The van der Waals surface area contributed by atoms with E-state index in [1.54, 1.807) is 4.68 Å². The third-order valence-electron chi connectivity index (χ3n) is 4.96. The minimum atomic E-state index is -3.19. The monoisotopic (exact) mass is 390 g/mol. The van der Waals surface area contributed by atoms with Crippen molar-refractivity contribution in [2.45, 2.75) is 51.6 Å². The van der Waals surface area contributed by atoms with Gasteiger partial charge in [0.1, 0.15) is 0 Å². The van der Waals surface area contributed by atoms with Gasteiger partial charge in [-0.15, -0.1) is 0 Å². The fourth-order valence-corrected chi connectivity index (χ4v) is 4.55. The van der Waals surface area contributed by atoms with E-state index in [9.17, 15) is 13.2 Å². The zero-order valence-corrected chi connectivity index (χ0v) is 16.7. The molecule has 1 aliphatic rings. The Kier molecular flexibility index (Phi) is 5.67. The molecular weight excluding hydrogens is 364 g/mol. The summed E-state index contributed by atoms with van der Waals surface area (Å²) in [6.07, 6.45) is 4.13. The molecule has 0 radical (unpaired) electrons. The molecule has 1 heterocycles. The van der Waals surface area contributed by atoms with Crippen LogP contribution in [-0.4, -0.2) is 42.4 Å². The Labute approximate surface area is 160 Å². The van der Waals surface area contributed by atoms with Gasteiger partial charge in [0, 0.05) is 12.1 Å². The minimum Gasteiger partial charge on any atom is -0.349 e. The third-order valence-corrected chi connectivity index (χ3v) is 5.72. The first-order valence-corrected chi connectivity index (χ1v) is 11.0. The summed E-state index contributed by atoms with van der Waals surface area (Å²) in [4.78, 5) is 12.8.